The summed E-state index contributed by atoms with van der Waals surface area (Å²) in [7, 11) is 0. The molecular formula is C6H16N2O. The minimum absolute atomic E-state index is 0.468. The van der Waals surface area contributed by atoms with E-state index in [0.717, 1.165) is 13.0 Å². The predicted molar refractivity (Wildman–Crippen MR) is 37.5 cm³/mol. The zero-order chi connectivity index (χ0) is 7.28. The molecule has 0 amide bonds. The number of aliphatic hydroxyl groups is 1. The first-order chi connectivity index (χ1) is 4.22. The highest BCUT2D eigenvalue weighted by Crippen LogP contribution is 1.93. The predicted octanol–water partition coefficient (Wildman–Crippen LogP) is 0.300. The first kappa shape index (κ1) is 8.88. The smallest absolute Gasteiger partial charge is 0.119 e. The van der Waals surface area contributed by atoms with E-state index in [4.69, 9.17) is 10.9 Å². The van der Waals surface area contributed by atoms with E-state index in [0.29, 0.717) is 6.42 Å². The van der Waals surface area contributed by atoms with Gasteiger partial charge in [-0.1, -0.05) is 13.8 Å². The van der Waals surface area contributed by atoms with Crippen LogP contribution in [0.25, 0.3) is 0 Å². The normalized spacial score (nSPS) is 14.3. The molecule has 3 N–H and O–H groups in total. The maximum atomic E-state index is 9.06. The van der Waals surface area contributed by atoms with Crippen molar-refractivity contribution >= 4 is 0 Å². The lowest BCUT2D eigenvalue weighted by molar-refractivity contribution is 0.000413. The van der Waals surface area contributed by atoms with Crippen molar-refractivity contribution in [3.63, 3.8) is 0 Å². The number of hydrazine groups is 1. The summed E-state index contributed by atoms with van der Waals surface area (Å²) in [5.41, 5.74) is 0. The molecule has 1 unspecified atom stereocenters. The van der Waals surface area contributed by atoms with Gasteiger partial charge in [-0.25, -0.2) is 5.01 Å². The number of aliphatic hydroxyl groups excluding tert-OH is 1. The van der Waals surface area contributed by atoms with Crippen LogP contribution < -0.4 is 5.84 Å². The van der Waals surface area contributed by atoms with Crippen LogP contribution >= 0.6 is 0 Å². The van der Waals surface area contributed by atoms with Crippen LogP contribution in [0.5, 0.6) is 0 Å². The van der Waals surface area contributed by atoms with Gasteiger partial charge in [0, 0.05) is 6.54 Å². The Morgan fingerprint density at radius 2 is 2.11 bits per heavy atom. The molecule has 0 bridgehead atoms. The summed E-state index contributed by atoms with van der Waals surface area (Å²) in [5.74, 6) is 5.42. The largest absolute Gasteiger partial charge is 0.377 e. The summed E-state index contributed by atoms with van der Waals surface area (Å²) in [6, 6.07) is 0. The lowest BCUT2D eigenvalue weighted by Gasteiger charge is -2.20. The zero-order valence-electron chi connectivity index (χ0n) is 6.17. The number of nitrogens with zero attached hydrogens (tertiary/aromatic N) is 1. The molecule has 0 saturated heterocycles. The van der Waals surface area contributed by atoms with Crippen molar-refractivity contribution in [3.8, 4) is 0 Å². The minimum atomic E-state index is -0.468. The van der Waals surface area contributed by atoms with Crippen LogP contribution in [0.1, 0.15) is 26.7 Å². The van der Waals surface area contributed by atoms with Crippen LogP contribution in [0.4, 0.5) is 0 Å². The van der Waals surface area contributed by atoms with Gasteiger partial charge in [0.15, 0.2) is 0 Å². The van der Waals surface area contributed by atoms with E-state index >= 15 is 0 Å². The van der Waals surface area contributed by atoms with Gasteiger partial charge < -0.3 is 5.11 Å². The molecule has 0 aliphatic carbocycles. The van der Waals surface area contributed by atoms with E-state index in [1.165, 1.54) is 5.01 Å². The third kappa shape index (κ3) is 3.46. The highest BCUT2D eigenvalue weighted by atomic mass is 16.3. The molecule has 0 fully saturated rings. The third-order valence-corrected chi connectivity index (χ3v) is 1.23. The Hall–Kier alpha value is -0.120. The second-order valence-electron chi connectivity index (χ2n) is 2.13. The number of nitrogens with two attached hydrogens (primary N) is 1. The fraction of sp³-hybridized carbons (Fsp3) is 1.00. The van der Waals surface area contributed by atoms with E-state index in [1.807, 2.05) is 13.8 Å². The van der Waals surface area contributed by atoms with Crippen molar-refractivity contribution in [1.29, 1.82) is 0 Å². The SMILES string of the molecule is CCCN(N)C(O)CC. The van der Waals surface area contributed by atoms with Crippen LogP contribution in [-0.2, 0) is 0 Å². The van der Waals surface area contributed by atoms with E-state index in [2.05, 4.69) is 0 Å². The molecule has 0 aliphatic heterocycles. The van der Waals surface area contributed by atoms with Crippen LogP contribution in [-0.4, -0.2) is 22.9 Å². The van der Waals surface area contributed by atoms with Crippen LogP contribution in [0, 0.1) is 0 Å². The number of hydrogen-bond acceptors (Lipinski definition) is 3. The molecule has 0 spiro atoms. The summed E-state index contributed by atoms with van der Waals surface area (Å²) >= 11 is 0. The zero-order valence-corrected chi connectivity index (χ0v) is 6.17. The summed E-state index contributed by atoms with van der Waals surface area (Å²) in [6.07, 6.45) is 1.20. The van der Waals surface area contributed by atoms with Gasteiger partial charge in [-0.05, 0) is 12.8 Å². The van der Waals surface area contributed by atoms with Gasteiger partial charge in [-0.3, -0.25) is 5.84 Å². The van der Waals surface area contributed by atoms with Crippen LogP contribution in [0.15, 0.2) is 0 Å². The molecule has 3 heteroatoms. The highest BCUT2D eigenvalue weighted by Gasteiger charge is 2.05. The minimum Gasteiger partial charge on any atom is -0.377 e. The van der Waals surface area contributed by atoms with Crippen molar-refractivity contribution in [1.82, 2.24) is 5.01 Å². The van der Waals surface area contributed by atoms with Crippen molar-refractivity contribution in [2.24, 2.45) is 5.84 Å². The van der Waals surface area contributed by atoms with Crippen molar-refractivity contribution in [2.45, 2.75) is 32.9 Å². The molecule has 56 valence electrons. The standard InChI is InChI=1S/C6H16N2O/c1-3-5-8(7)6(9)4-2/h6,9H,3-5,7H2,1-2H3. The average Bonchev–Trinajstić information content (AvgIpc) is 1.87. The maximum absolute atomic E-state index is 9.06. The Bertz CT molecular complexity index is 68.1. The summed E-state index contributed by atoms with van der Waals surface area (Å²) in [5, 5.41) is 10.5. The number of hydrogen-bond donors (Lipinski definition) is 2. The monoisotopic (exact) mass is 132 g/mol. The fourth-order valence-electron chi connectivity index (χ4n) is 0.642. The topological polar surface area (TPSA) is 49.5 Å². The molecule has 0 aromatic carbocycles. The van der Waals surface area contributed by atoms with Gasteiger partial charge in [0.2, 0.25) is 0 Å². The van der Waals surface area contributed by atoms with Gasteiger partial charge in [0.1, 0.15) is 6.23 Å². The molecular weight excluding hydrogens is 116 g/mol. The number of rotatable bonds is 4. The second-order valence-corrected chi connectivity index (χ2v) is 2.13. The summed E-state index contributed by atoms with van der Waals surface area (Å²) in [4.78, 5) is 0. The highest BCUT2D eigenvalue weighted by molar-refractivity contribution is 4.49. The maximum Gasteiger partial charge on any atom is 0.119 e. The molecule has 0 aromatic heterocycles. The first-order valence-electron chi connectivity index (χ1n) is 3.41. The van der Waals surface area contributed by atoms with E-state index < -0.39 is 6.23 Å². The lowest BCUT2D eigenvalue weighted by atomic mass is 10.4. The molecule has 3 nitrogen and oxygen atoms in total. The molecule has 9 heavy (non-hydrogen) atoms. The van der Waals surface area contributed by atoms with Crippen molar-refractivity contribution in [3.05, 3.63) is 0 Å². The molecule has 1 atom stereocenters. The lowest BCUT2D eigenvalue weighted by Crippen LogP contribution is -2.40. The average molecular weight is 132 g/mol. The third-order valence-electron chi connectivity index (χ3n) is 1.23. The van der Waals surface area contributed by atoms with Crippen LogP contribution in [0.2, 0.25) is 0 Å². The Balaban J connectivity index is 3.32. The van der Waals surface area contributed by atoms with Gasteiger partial charge in [0.05, 0.1) is 0 Å². The van der Waals surface area contributed by atoms with Crippen LogP contribution in [0.3, 0.4) is 0 Å². The fourth-order valence-corrected chi connectivity index (χ4v) is 0.642. The Labute approximate surface area is 56.4 Å². The molecule has 0 saturated carbocycles. The van der Waals surface area contributed by atoms with Gasteiger partial charge in [-0.2, -0.15) is 0 Å². The van der Waals surface area contributed by atoms with Gasteiger partial charge >= 0.3 is 0 Å². The molecule has 0 rings (SSSR count). The molecule has 0 radical (unpaired) electrons. The van der Waals surface area contributed by atoms with E-state index in [9.17, 15) is 0 Å². The second kappa shape index (κ2) is 4.73. The molecule has 0 aliphatic rings. The Morgan fingerprint density at radius 3 is 2.44 bits per heavy atom. The Kier molecular flexibility index (Phi) is 4.67. The van der Waals surface area contributed by atoms with E-state index in [1.54, 1.807) is 0 Å². The van der Waals surface area contributed by atoms with Gasteiger partial charge in [0.25, 0.3) is 0 Å². The molecule has 0 heterocycles. The first-order valence-corrected chi connectivity index (χ1v) is 3.41. The van der Waals surface area contributed by atoms with Gasteiger partial charge in [-0.15, -0.1) is 0 Å². The quantitative estimate of drug-likeness (QED) is 0.328. The summed E-state index contributed by atoms with van der Waals surface area (Å²) in [6.45, 7) is 4.69. The van der Waals surface area contributed by atoms with E-state index in [-0.39, 0.29) is 0 Å². The van der Waals surface area contributed by atoms with Crippen molar-refractivity contribution < 1.29 is 5.11 Å². The summed E-state index contributed by atoms with van der Waals surface area (Å²) < 4.78 is 0. The molecule has 0 aromatic rings. The Morgan fingerprint density at radius 1 is 1.56 bits per heavy atom. The van der Waals surface area contributed by atoms with Crippen molar-refractivity contribution in [2.75, 3.05) is 6.54 Å².